The van der Waals surface area contributed by atoms with Crippen molar-refractivity contribution in [2.75, 3.05) is 0 Å². The van der Waals surface area contributed by atoms with Crippen molar-refractivity contribution in [3.8, 4) is 5.75 Å². The number of hydrogen-bond acceptors (Lipinski definition) is 2. The fourth-order valence-electron chi connectivity index (χ4n) is 2.16. The number of aliphatic hydroxyl groups is 1. The molecule has 1 N–H and O–H groups in total. The molecule has 0 saturated heterocycles. The van der Waals surface area contributed by atoms with Crippen LogP contribution in [-0.2, 0) is 0 Å². The molecule has 88 valence electrons. The summed E-state index contributed by atoms with van der Waals surface area (Å²) in [6, 6.07) is 5.42. The molecule has 0 saturated carbocycles. The van der Waals surface area contributed by atoms with E-state index >= 15 is 0 Å². The van der Waals surface area contributed by atoms with E-state index in [0.29, 0.717) is 17.4 Å². The van der Waals surface area contributed by atoms with Crippen LogP contribution in [-0.4, -0.2) is 11.2 Å². The van der Waals surface area contributed by atoms with Crippen LogP contribution in [0.25, 0.3) is 0 Å². The van der Waals surface area contributed by atoms with E-state index in [-0.39, 0.29) is 6.10 Å². The van der Waals surface area contributed by atoms with Crippen LogP contribution in [0.3, 0.4) is 0 Å². The lowest BCUT2D eigenvalue weighted by Gasteiger charge is -2.30. The van der Waals surface area contributed by atoms with Gasteiger partial charge in [0.1, 0.15) is 11.9 Å². The van der Waals surface area contributed by atoms with Gasteiger partial charge in [-0.15, -0.1) is 0 Å². The van der Waals surface area contributed by atoms with Gasteiger partial charge in [-0.1, -0.05) is 25.4 Å². The van der Waals surface area contributed by atoms with Crippen molar-refractivity contribution in [2.24, 2.45) is 5.92 Å². The Morgan fingerprint density at radius 2 is 2.25 bits per heavy atom. The molecule has 0 bridgehead atoms. The van der Waals surface area contributed by atoms with E-state index < -0.39 is 6.10 Å². The number of hydrogen-bond donors (Lipinski definition) is 1. The van der Waals surface area contributed by atoms with Crippen molar-refractivity contribution in [3.63, 3.8) is 0 Å². The molecular weight excluding hydrogens is 224 g/mol. The SMILES string of the molecule is CC(C)CC1C[C@H](O)c2cc(Cl)ccc2O1. The molecule has 2 nitrogen and oxygen atoms in total. The molecule has 1 unspecified atom stereocenters. The summed E-state index contributed by atoms with van der Waals surface area (Å²) >= 11 is 5.90. The van der Waals surface area contributed by atoms with Crippen LogP contribution in [0.4, 0.5) is 0 Å². The van der Waals surface area contributed by atoms with Gasteiger partial charge in [-0.05, 0) is 30.5 Å². The summed E-state index contributed by atoms with van der Waals surface area (Å²) in [7, 11) is 0. The van der Waals surface area contributed by atoms with Crippen LogP contribution >= 0.6 is 11.6 Å². The third-order valence-electron chi connectivity index (χ3n) is 2.84. The third-order valence-corrected chi connectivity index (χ3v) is 3.08. The largest absolute Gasteiger partial charge is 0.490 e. The lowest BCUT2D eigenvalue weighted by molar-refractivity contribution is 0.0556. The van der Waals surface area contributed by atoms with E-state index in [1.54, 1.807) is 12.1 Å². The summed E-state index contributed by atoms with van der Waals surface area (Å²) in [5.41, 5.74) is 0.813. The van der Waals surface area contributed by atoms with E-state index in [2.05, 4.69) is 13.8 Å². The molecule has 16 heavy (non-hydrogen) atoms. The first kappa shape index (κ1) is 11.7. The Balaban J connectivity index is 2.20. The number of benzene rings is 1. The maximum atomic E-state index is 10.0. The van der Waals surface area contributed by atoms with Crippen molar-refractivity contribution < 1.29 is 9.84 Å². The van der Waals surface area contributed by atoms with Gasteiger partial charge >= 0.3 is 0 Å². The Kier molecular flexibility index (Phi) is 3.41. The van der Waals surface area contributed by atoms with E-state index in [1.165, 1.54) is 0 Å². The van der Waals surface area contributed by atoms with Crippen LogP contribution in [0, 0.1) is 5.92 Å². The Bertz CT molecular complexity index is 376. The molecular formula is C13H17ClO2. The minimum absolute atomic E-state index is 0.115. The molecule has 1 aliphatic heterocycles. The zero-order valence-electron chi connectivity index (χ0n) is 9.61. The molecule has 0 aliphatic carbocycles. The van der Waals surface area contributed by atoms with Gasteiger partial charge < -0.3 is 9.84 Å². The quantitative estimate of drug-likeness (QED) is 0.857. The maximum Gasteiger partial charge on any atom is 0.125 e. The summed E-state index contributed by atoms with van der Waals surface area (Å²) in [5.74, 6) is 1.35. The Morgan fingerprint density at radius 3 is 2.94 bits per heavy atom. The zero-order valence-corrected chi connectivity index (χ0v) is 10.4. The highest BCUT2D eigenvalue weighted by atomic mass is 35.5. The van der Waals surface area contributed by atoms with E-state index in [4.69, 9.17) is 16.3 Å². The number of aliphatic hydroxyl groups excluding tert-OH is 1. The average Bonchev–Trinajstić information content (AvgIpc) is 2.18. The monoisotopic (exact) mass is 240 g/mol. The molecule has 0 amide bonds. The van der Waals surface area contributed by atoms with Crippen molar-refractivity contribution in [2.45, 2.75) is 38.9 Å². The van der Waals surface area contributed by atoms with E-state index in [0.717, 1.165) is 17.7 Å². The second kappa shape index (κ2) is 4.64. The number of halogens is 1. The summed E-state index contributed by atoms with van der Waals surface area (Å²) in [5, 5.41) is 10.7. The smallest absolute Gasteiger partial charge is 0.125 e. The first-order valence-electron chi connectivity index (χ1n) is 5.70. The second-order valence-corrected chi connectivity index (χ2v) is 5.24. The van der Waals surface area contributed by atoms with E-state index in [9.17, 15) is 5.11 Å². The predicted octanol–water partition coefficient (Wildman–Crippen LogP) is 3.57. The molecule has 1 aromatic rings. The number of fused-ring (bicyclic) bond motifs is 1. The lowest BCUT2D eigenvalue weighted by atomic mass is 9.94. The Hall–Kier alpha value is -0.730. The predicted molar refractivity (Wildman–Crippen MR) is 64.9 cm³/mol. The van der Waals surface area contributed by atoms with Crippen molar-refractivity contribution in [1.29, 1.82) is 0 Å². The minimum atomic E-state index is -0.453. The normalized spacial score (nSPS) is 24.1. The van der Waals surface area contributed by atoms with Gasteiger partial charge in [0.15, 0.2) is 0 Å². The van der Waals surface area contributed by atoms with Gasteiger partial charge in [-0.2, -0.15) is 0 Å². The fraction of sp³-hybridized carbons (Fsp3) is 0.538. The first-order chi connectivity index (χ1) is 7.56. The highest BCUT2D eigenvalue weighted by molar-refractivity contribution is 6.30. The van der Waals surface area contributed by atoms with Crippen LogP contribution in [0.5, 0.6) is 5.75 Å². The van der Waals surface area contributed by atoms with Gasteiger partial charge in [0, 0.05) is 17.0 Å². The van der Waals surface area contributed by atoms with Gasteiger partial charge in [-0.25, -0.2) is 0 Å². The Labute approximate surface area is 101 Å². The summed E-state index contributed by atoms with van der Waals surface area (Å²) in [6.45, 7) is 4.32. The van der Waals surface area contributed by atoms with Crippen LogP contribution < -0.4 is 4.74 Å². The molecule has 1 aliphatic rings. The molecule has 0 radical (unpaired) electrons. The highest BCUT2D eigenvalue weighted by Gasteiger charge is 2.27. The topological polar surface area (TPSA) is 29.5 Å². The molecule has 0 fully saturated rings. The first-order valence-corrected chi connectivity index (χ1v) is 6.08. The van der Waals surface area contributed by atoms with Crippen LogP contribution in [0.2, 0.25) is 5.02 Å². The minimum Gasteiger partial charge on any atom is -0.490 e. The number of ether oxygens (including phenoxy) is 1. The van der Waals surface area contributed by atoms with Gasteiger partial charge in [-0.3, -0.25) is 0 Å². The zero-order chi connectivity index (χ0) is 11.7. The summed E-state index contributed by atoms with van der Waals surface area (Å²) in [4.78, 5) is 0. The summed E-state index contributed by atoms with van der Waals surface area (Å²) < 4.78 is 5.85. The van der Waals surface area contributed by atoms with E-state index in [1.807, 2.05) is 6.07 Å². The third kappa shape index (κ3) is 2.50. The van der Waals surface area contributed by atoms with Crippen LogP contribution in [0.1, 0.15) is 38.4 Å². The fourth-order valence-corrected chi connectivity index (χ4v) is 2.34. The molecule has 0 spiro atoms. The Morgan fingerprint density at radius 1 is 1.50 bits per heavy atom. The molecule has 0 aromatic heterocycles. The number of rotatable bonds is 2. The lowest BCUT2D eigenvalue weighted by Crippen LogP contribution is -2.27. The van der Waals surface area contributed by atoms with Crippen LogP contribution in [0.15, 0.2) is 18.2 Å². The van der Waals surface area contributed by atoms with Crippen molar-refractivity contribution in [3.05, 3.63) is 28.8 Å². The average molecular weight is 241 g/mol. The maximum absolute atomic E-state index is 10.0. The molecule has 1 aromatic carbocycles. The molecule has 2 atom stereocenters. The molecule has 3 heteroatoms. The van der Waals surface area contributed by atoms with Crippen molar-refractivity contribution >= 4 is 11.6 Å². The summed E-state index contributed by atoms with van der Waals surface area (Å²) in [6.07, 6.45) is 1.29. The molecule has 1 heterocycles. The second-order valence-electron chi connectivity index (χ2n) is 4.80. The van der Waals surface area contributed by atoms with Crippen molar-refractivity contribution in [1.82, 2.24) is 0 Å². The van der Waals surface area contributed by atoms with Gasteiger partial charge in [0.25, 0.3) is 0 Å². The standard InChI is InChI=1S/C13H17ClO2/c1-8(2)5-10-7-12(15)11-6-9(14)3-4-13(11)16-10/h3-4,6,8,10,12,15H,5,7H2,1-2H3/t10?,12-/m0/s1. The molecule has 2 rings (SSSR count). The van der Waals surface area contributed by atoms with Gasteiger partial charge in [0.2, 0.25) is 0 Å². The van der Waals surface area contributed by atoms with Gasteiger partial charge in [0.05, 0.1) is 6.10 Å². The highest BCUT2D eigenvalue weighted by Crippen LogP contribution is 2.37.